The molecule has 2 rings (SSSR count). The number of nitrogens with one attached hydrogen (secondary N) is 1. The third-order valence-electron chi connectivity index (χ3n) is 3.72. The summed E-state index contributed by atoms with van der Waals surface area (Å²) in [6.45, 7) is 7.33. The van der Waals surface area contributed by atoms with Crippen molar-refractivity contribution in [2.24, 2.45) is 10.7 Å². The maximum Gasteiger partial charge on any atom is 0.193 e. The van der Waals surface area contributed by atoms with E-state index in [2.05, 4.69) is 29.4 Å². The second-order valence-corrected chi connectivity index (χ2v) is 6.36. The lowest BCUT2D eigenvalue weighted by atomic mass is 10.1. The molecule has 0 bridgehead atoms. The SMILES string of the molecule is CC(C)Oc1ccc(NC(N)=NCCCOC(C)c2ccccc2)cc1. The molecular formula is C21H29N3O2. The van der Waals surface area contributed by atoms with Crippen LogP contribution in [0.4, 0.5) is 5.69 Å². The largest absolute Gasteiger partial charge is 0.491 e. The van der Waals surface area contributed by atoms with Gasteiger partial charge >= 0.3 is 0 Å². The Balaban J connectivity index is 1.68. The highest BCUT2D eigenvalue weighted by atomic mass is 16.5. The fourth-order valence-electron chi connectivity index (χ4n) is 2.42. The maximum absolute atomic E-state index is 5.92. The summed E-state index contributed by atoms with van der Waals surface area (Å²) in [5.74, 6) is 1.24. The molecule has 0 fully saturated rings. The predicted octanol–water partition coefficient (Wildman–Crippen LogP) is 4.37. The van der Waals surface area contributed by atoms with Crippen LogP contribution in [0.2, 0.25) is 0 Å². The Bertz CT molecular complexity index is 669. The second kappa shape index (κ2) is 10.5. The average molecular weight is 355 g/mol. The van der Waals surface area contributed by atoms with Crippen LogP contribution in [0.15, 0.2) is 59.6 Å². The highest BCUT2D eigenvalue weighted by Gasteiger charge is 2.04. The Labute approximate surface area is 156 Å². The van der Waals surface area contributed by atoms with E-state index in [4.69, 9.17) is 15.2 Å². The van der Waals surface area contributed by atoms with E-state index in [0.717, 1.165) is 17.9 Å². The van der Waals surface area contributed by atoms with E-state index in [-0.39, 0.29) is 12.2 Å². The maximum atomic E-state index is 5.92. The summed E-state index contributed by atoms with van der Waals surface area (Å²) in [4.78, 5) is 4.33. The first kappa shape index (κ1) is 19.8. The molecule has 0 amide bonds. The molecule has 0 heterocycles. The fourth-order valence-corrected chi connectivity index (χ4v) is 2.42. The highest BCUT2D eigenvalue weighted by Crippen LogP contribution is 2.17. The van der Waals surface area contributed by atoms with Crippen molar-refractivity contribution in [3.8, 4) is 5.75 Å². The molecule has 5 heteroatoms. The van der Waals surface area contributed by atoms with E-state index in [0.29, 0.717) is 19.1 Å². The Morgan fingerprint density at radius 2 is 1.73 bits per heavy atom. The van der Waals surface area contributed by atoms with Crippen molar-refractivity contribution in [2.75, 3.05) is 18.5 Å². The monoisotopic (exact) mass is 355 g/mol. The van der Waals surface area contributed by atoms with Crippen LogP contribution in [0.25, 0.3) is 0 Å². The molecule has 5 nitrogen and oxygen atoms in total. The quantitative estimate of drug-likeness (QED) is 0.398. The number of nitrogens with two attached hydrogens (primary N) is 1. The Morgan fingerprint density at radius 3 is 2.38 bits per heavy atom. The zero-order valence-corrected chi connectivity index (χ0v) is 15.8. The molecule has 1 unspecified atom stereocenters. The van der Waals surface area contributed by atoms with Crippen LogP contribution in [0.1, 0.15) is 38.9 Å². The number of anilines is 1. The van der Waals surface area contributed by atoms with Gasteiger partial charge in [-0.25, -0.2) is 0 Å². The highest BCUT2D eigenvalue weighted by molar-refractivity contribution is 5.92. The minimum atomic E-state index is 0.0854. The number of hydrogen-bond acceptors (Lipinski definition) is 3. The van der Waals surface area contributed by atoms with Gasteiger partial charge in [-0.3, -0.25) is 4.99 Å². The number of nitrogens with zero attached hydrogens (tertiary/aromatic N) is 1. The molecule has 0 aromatic heterocycles. The third kappa shape index (κ3) is 7.15. The molecule has 0 spiro atoms. The van der Waals surface area contributed by atoms with Crippen LogP contribution in [-0.4, -0.2) is 25.2 Å². The van der Waals surface area contributed by atoms with Gasteiger partial charge in [-0.15, -0.1) is 0 Å². The molecule has 0 aliphatic carbocycles. The molecule has 0 aliphatic rings. The first-order valence-corrected chi connectivity index (χ1v) is 9.05. The van der Waals surface area contributed by atoms with Crippen LogP contribution in [0.5, 0.6) is 5.75 Å². The van der Waals surface area contributed by atoms with Crippen molar-refractivity contribution in [2.45, 2.75) is 39.4 Å². The van der Waals surface area contributed by atoms with Gasteiger partial charge in [-0.05, 0) is 57.0 Å². The number of benzene rings is 2. The van der Waals surface area contributed by atoms with E-state index in [9.17, 15) is 0 Å². The van der Waals surface area contributed by atoms with Crippen molar-refractivity contribution in [1.29, 1.82) is 0 Å². The van der Waals surface area contributed by atoms with Crippen molar-refractivity contribution in [3.05, 3.63) is 60.2 Å². The van der Waals surface area contributed by atoms with Crippen LogP contribution < -0.4 is 15.8 Å². The normalized spacial score (nSPS) is 12.8. The minimum Gasteiger partial charge on any atom is -0.491 e. The number of guanidine groups is 1. The van der Waals surface area contributed by atoms with Crippen LogP contribution in [-0.2, 0) is 4.74 Å². The molecule has 0 aliphatic heterocycles. The summed E-state index contributed by atoms with van der Waals surface area (Å²) < 4.78 is 11.4. The van der Waals surface area contributed by atoms with Crippen molar-refractivity contribution >= 4 is 11.6 Å². The minimum absolute atomic E-state index is 0.0854. The van der Waals surface area contributed by atoms with E-state index < -0.39 is 0 Å². The Morgan fingerprint density at radius 1 is 1.04 bits per heavy atom. The van der Waals surface area contributed by atoms with Gasteiger partial charge in [0.05, 0.1) is 12.2 Å². The topological polar surface area (TPSA) is 68.9 Å². The van der Waals surface area contributed by atoms with Gasteiger partial charge in [-0.2, -0.15) is 0 Å². The van der Waals surface area contributed by atoms with Crippen LogP contribution in [0, 0.1) is 0 Å². The van der Waals surface area contributed by atoms with Gasteiger partial charge < -0.3 is 20.5 Å². The first-order valence-electron chi connectivity index (χ1n) is 9.05. The molecule has 0 saturated heterocycles. The Kier molecular flexibility index (Phi) is 7.96. The lowest BCUT2D eigenvalue weighted by Gasteiger charge is -2.13. The van der Waals surface area contributed by atoms with Crippen molar-refractivity contribution in [3.63, 3.8) is 0 Å². The summed E-state index contributed by atoms with van der Waals surface area (Å²) >= 11 is 0. The molecule has 140 valence electrons. The van der Waals surface area contributed by atoms with Gasteiger partial charge in [0.15, 0.2) is 5.96 Å². The zero-order valence-electron chi connectivity index (χ0n) is 15.8. The molecule has 2 aromatic carbocycles. The smallest absolute Gasteiger partial charge is 0.193 e. The van der Waals surface area contributed by atoms with Gasteiger partial charge in [0.25, 0.3) is 0 Å². The zero-order chi connectivity index (χ0) is 18.8. The van der Waals surface area contributed by atoms with Crippen molar-refractivity contribution < 1.29 is 9.47 Å². The summed E-state index contributed by atoms with van der Waals surface area (Å²) in [6.07, 6.45) is 1.07. The summed E-state index contributed by atoms with van der Waals surface area (Å²) in [5.41, 5.74) is 7.99. The number of ether oxygens (including phenoxy) is 2. The fraction of sp³-hybridized carbons (Fsp3) is 0.381. The van der Waals surface area contributed by atoms with E-state index >= 15 is 0 Å². The Hall–Kier alpha value is -2.53. The number of hydrogen-bond donors (Lipinski definition) is 2. The van der Waals surface area contributed by atoms with Gasteiger partial charge in [0, 0.05) is 18.8 Å². The predicted molar refractivity (Wildman–Crippen MR) is 108 cm³/mol. The standard InChI is InChI=1S/C21H29N3O2/c1-16(2)26-20-12-10-19(11-13-20)24-21(22)23-14-7-15-25-17(3)18-8-5-4-6-9-18/h4-6,8-13,16-17H,7,14-15H2,1-3H3,(H3,22,23,24). The van der Waals surface area contributed by atoms with Gasteiger partial charge in [0.2, 0.25) is 0 Å². The van der Waals surface area contributed by atoms with Gasteiger partial charge in [0.1, 0.15) is 5.75 Å². The lowest BCUT2D eigenvalue weighted by Crippen LogP contribution is -2.23. The first-order chi connectivity index (χ1) is 12.5. The molecule has 26 heavy (non-hydrogen) atoms. The summed E-state index contributed by atoms with van der Waals surface area (Å²) in [5, 5.41) is 3.08. The molecule has 3 N–H and O–H groups in total. The molecule has 2 aromatic rings. The second-order valence-electron chi connectivity index (χ2n) is 6.36. The van der Waals surface area contributed by atoms with Crippen LogP contribution in [0.3, 0.4) is 0 Å². The molecule has 0 radical (unpaired) electrons. The third-order valence-corrected chi connectivity index (χ3v) is 3.72. The molecule has 1 atom stereocenters. The lowest BCUT2D eigenvalue weighted by molar-refractivity contribution is 0.0652. The molecular weight excluding hydrogens is 326 g/mol. The summed E-state index contributed by atoms with van der Waals surface area (Å²) in [6, 6.07) is 17.9. The van der Waals surface area contributed by atoms with E-state index in [1.807, 2.05) is 56.3 Å². The average Bonchev–Trinajstić information content (AvgIpc) is 2.63. The molecule has 0 saturated carbocycles. The summed E-state index contributed by atoms with van der Waals surface area (Å²) in [7, 11) is 0. The number of rotatable bonds is 9. The number of aliphatic imine (C=N–C) groups is 1. The van der Waals surface area contributed by atoms with Crippen molar-refractivity contribution in [1.82, 2.24) is 0 Å². The van der Waals surface area contributed by atoms with E-state index in [1.54, 1.807) is 0 Å². The van der Waals surface area contributed by atoms with E-state index in [1.165, 1.54) is 5.56 Å². The van der Waals surface area contributed by atoms with Crippen LogP contribution >= 0.6 is 0 Å². The van der Waals surface area contributed by atoms with Gasteiger partial charge in [-0.1, -0.05) is 30.3 Å².